The Bertz CT molecular complexity index is 2380. The third-order valence-corrected chi connectivity index (χ3v) is 13.2. The molecule has 0 heterocycles. The van der Waals surface area contributed by atoms with Crippen LogP contribution < -0.4 is 9.47 Å². The molecule has 0 saturated carbocycles. The maximum atomic E-state index is 14.3. The first-order valence-corrected chi connectivity index (χ1v) is 24.8. The average Bonchev–Trinajstić information content (AvgIpc) is 3.22. The van der Waals surface area contributed by atoms with E-state index in [4.69, 9.17) is 18.0 Å². The lowest BCUT2D eigenvalue weighted by molar-refractivity contribution is -0.0606. The molecule has 0 aromatic heterocycles. The van der Waals surface area contributed by atoms with Gasteiger partial charge in [0.25, 0.3) is 0 Å². The summed E-state index contributed by atoms with van der Waals surface area (Å²) >= 11 is 0. The van der Waals surface area contributed by atoms with Gasteiger partial charge >= 0.3 is 32.6 Å². The van der Waals surface area contributed by atoms with E-state index in [1.165, 1.54) is 24.3 Å². The van der Waals surface area contributed by atoms with Crippen LogP contribution in [0, 0.1) is 0 Å². The van der Waals surface area contributed by atoms with E-state index in [0.717, 1.165) is 35.4 Å². The largest absolute Gasteiger partial charge is 0.493 e. The van der Waals surface area contributed by atoms with Crippen molar-refractivity contribution in [2.45, 2.75) is 147 Å². The number of oxime groups is 2. The lowest BCUT2D eigenvalue weighted by Crippen LogP contribution is -2.25. The molecule has 67 heavy (non-hydrogen) atoms. The van der Waals surface area contributed by atoms with Gasteiger partial charge in [0.1, 0.15) is 21.3 Å². The van der Waals surface area contributed by atoms with Crippen LogP contribution in [-0.2, 0) is 28.8 Å². The van der Waals surface area contributed by atoms with Crippen LogP contribution >= 0.6 is 0 Å². The van der Waals surface area contributed by atoms with E-state index < -0.39 is 55.1 Å². The Morgan fingerprint density at radius 3 is 0.955 bits per heavy atom. The second-order valence-corrected chi connectivity index (χ2v) is 20.9. The van der Waals surface area contributed by atoms with Crippen molar-refractivity contribution < 1.29 is 61.2 Å². The first-order valence-electron chi connectivity index (χ1n) is 22.0. The molecule has 10 nitrogen and oxygen atoms in total. The zero-order valence-electron chi connectivity index (χ0n) is 39.8. The van der Waals surface area contributed by atoms with Gasteiger partial charge in [-0.05, 0) is 117 Å². The van der Waals surface area contributed by atoms with Gasteiger partial charge in [0, 0.05) is 17.5 Å². The number of halogens is 6. The fourth-order valence-electron chi connectivity index (χ4n) is 7.00. The van der Waals surface area contributed by atoms with Crippen molar-refractivity contribution in [2.75, 3.05) is 13.2 Å². The molecule has 0 spiro atoms. The standard InChI is InChI=1S/C49H60F6N2O8S2/c1-28(2)36-24-40(30(5)6)44(41(25-36)31(7)8)66(58,59)64-56-46(48(50,51)52)34-14-18-38(19-15-34)62-22-13-23-63-39-20-16-35(17-21-39)47(49(53,54)55)57-65-67(60,61)45-42(32(9)10)26-37(29(3)4)27-43(45)33(11)12/h14-21,24-33H,13,22-23H2,1-12H3. The molecule has 18 heteroatoms. The van der Waals surface area contributed by atoms with Crippen molar-refractivity contribution in [2.24, 2.45) is 10.3 Å². The topological polar surface area (TPSA) is 130 Å². The molecule has 0 N–H and O–H groups in total. The molecular weight excluding hydrogens is 923 g/mol. The summed E-state index contributed by atoms with van der Waals surface area (Å²) < 4.78 is 161. The highest BCUT2D eigenvalue weighted by atomic mass is 32.2. The van der Waals surface area contributed by atoms with Crippen LogP contribution in [0.5, 0.6) is 11.5 Å². The minimum atomic E-state index is -5.10. The SMILES string of the molecule is CC(C)c1cc(C(C)C)c(S(=O)(=O)ON=C(c2ccc(OCCCOc3ccc(C(=NOS(=O)(=O)c4c(C(C)C)cc(C(C)C)cc4C(C)C)C(F)(F)F)cc3)cc2)C(F)(F)F)c(C(C)C)c1. The van der Waals surface area contributed by atoms with Crippen LogP contribution in [0.15, 0.2) is 92.9 Å². The Balaban J connectivity index is 1.43. The molecule has 368 valence electrons. The zero-order valence-corrected chi connectivity index (χ0v) is 41.4. The van der Waals surface area contributed by atoms with Crippen molar-refractivity contribution in [1.82, 2.24) is 0 Å². The quantitative estimate of drug-likeness (QED) is 0.0370. The van der Waals surface area contributed by atoms with Crippen molar-refractivity contribution in [1.29, 1.82) is 0 Å². The maximum absolute atomic E-state index is 14.3. The molecule has 0 aliphatic heterocycles. The highest BCUT2D eigenvalue weighted by Gasteiger charge is 2.40. The van der Waals surface area contributed by atoms with E-state index in [-0.39, 0.29) is 76.4 Å². The molecule has 0 saturated heterocycles. The molecule has 0 amide bonds. The number of hydrogen-bond acceptors (Lipinski definition) is 10. The molecule has 0 bridgehead atoms. The average molecular weight is 983 g/mol. The molecule has 0 fully saturated rings. The van der Waals surface area contributed by atoms with E-state index in [2.05, 4.69) is 10.3 Å². The Hall–Kier alpha value is -5.10. The summed E-state index contributed by atoms with van der Waals surface area (Å²) in [6.07, 6.45) is -9.95. The second kappa shape index (κ2) is 21.9. The van der Waals surface area contributed by atoms with Crippen LogP contribution in [0.3, 0.4) is 0 Å². The monoisotopic (exact) mass is 982 g/mol. The second-order valence-electron chi connectivity index (χ2n) is 18.0. The Kier molecular flexibility index (Phi) is 17.8. The van der Waals surface area contributed by atoms with Crippen LogP contribution in [0.4, 0.5) is 26.3 Å². The van der Waals surface area contributed by atoms with Crippen molar-refractivity contribution >= 4 is 31.7 Å². The summed E-state index contributed by atoms with van der Waals surface area (Å²) in [5.41, 5.74) is -0.682. The lowest BCUT2D eigenvalue weighted by Gasteiger charge is -2.21. The molecule has 4 aromatic rings. The predicted octanol–water partition coefficient (Wildman–Crippen LogP) is 13.6. The number of benzene rings is 4. The summed E-state index contributed by atoms with van der Waals surface area (Å²) in [6, 6.07) is 16.1. The van der Waals surface area contributed by atoms with Gasteiger partial charge in [0.05, 0.1) is 13.2 Å². The minimum Gasteiger partial charge on any atom is -0.493 e. The van der Waals surface area contributed by atoms with Gasteiger partial charge in [-0.1, -0.05) is 118 Å². The number of hydrogen-bond donors (Lipinski definition) is 0. The van der Waals surface area contributed by atoms with Crippen LogP contribution in [-0.4, -0.2) is 53.8 Å². The van der Waals surface area contributed by atoms with Gasteiger partial charge in [-0.3, -0.25) is 8.57 Å². The van der Waals surface area contributed by atoms with Crippen molar-refractivity contribution in [3.63, 3.8) is 0 Å². The van der Waals surface area contributed by atoms with Gasteiger partial charge < -0.3 is 9.47 Å². The maximum Gasteiger partial charge on any atom is 0.437 e. The van der Waals surface area contributed by atoms with Gasteiger partial charge in [0.2, 0.25) is 0 Å². The molecule has 4 rings (SSSR count). The summed E-state index contributed by atoms with van der Waals surface area (Å²) in [5.74, 6) is -0.699. The fraction of sp³-hybridized carbons (Fsp3) is 0.469. The highest BCUT2D eigenvalue weighted by Crippen LogP contribution is 2.38. The molecule has 0 unspecified atom stereocenters. The first-order chi connectivity index (χ1) is 31.0. The molecule has 4 aromatic carbocycles. The Morgan fingerprint density at radius 1 is 0.463 bits per heavy atom. The number of rotatable bonds is 20. The van der Waals surface area contributed by atoms with E-state index in [9.17, 15) is 43.2 Å². The third kappa shape index (κ3) is 14.0. The summed E-state index contributed by atoms with van der Waals surface area (Å²) in [5, 5.41) is 6.30. The smallest absolute Gasteiger partial charge is 0.437 e. The number of alkyl halides is 6. The lowest BCUT2D eigenvalue weighted by atomic mass is 9.89. The highest BCUT2D eigenvalue weighted by molar-refractivity contribution is 7.87. The summed E-state index contributed by atoms with van der Waals surface area (Å²) in [6.45, 7) is 22.2. The van der Waals surface area contributed by atoms with Gasteiger partial charge in [0.15, 0.2) is 11.4 Å². The van der Waals surface area contributed by atoms with E-state index in [0.29, 0.717) is 22.3 Å². The molecule has 0 radical (unpaired) electrons. The Labute approximate surface area is 391 Å². The van der Waals surface area contributed by atoms with Gasteiger partial charge in [-0.15, -0.1) is 0 Å². The normalized spacial score (nSPS) is 13.4. The summed E-state index contributed by atoms with van der Waals surface area (Å²) in [7, 11) is -9.60. The molecular formula is C49H60F6N2O8S2. The van der Waals surface area contributed by atoms with E-state index >= 15 is 0 Å². The molecule has 0 aliphatic rings. The fourth-order valence-corrected chi connectivity index (χ4v) is 9.82. The van der Waals surface area contributed by atoms with E-state index in [1.807, 2.05) is 27.7 Å². The molecule has 0 atom stereocenters. The van der Waals surface area contributed by atoms with Crippen LogP contribution in [0.25, 0.3) is 0 Å². The van der Waals surface area contributed by atoms with E-state index in [1.54, 1.807) is 79.7 Å². The zero-order chi connectivity index (χ0) is 50.4. The number of nitrogens with zero attached hydrogens (tertiary/aromatic N) is 2. The van der Waals surface area contributed by atoms with Crippen molar-refractivity contribution in [3.05, 3.63) is 117 Å². The van der Waals surface area contributed by atoms with Crippen molar-refractivity contribution in [3.8, 4) is 11.5 Å². The first kappa shape index (κ1) is 54.5. The number of ether oxygens (including phenoxy) is 2. The van der Waals surface area contributed by atoms with Crippen LogP contribution in [0.2, 0.25) is 0 Å². The minimum absolute atomic E-state index is 0.0267. The van der Waals surface area contributed by atoms with Crippen LogP contribution in [0.1, 0.15) is 170 Å². The molecule has 0 aliphatic carbocycles. The Morgan fingerprint density at radius 2 is 0.731 bits per heavy atom. The predicted molar refractivity (Wildman–Crippen MR) is 248 cm³/mol. The third-order valence-electron chi connectivity index (χ3n) is 10.7. The van der Waals surface area contributed by atoms with Gasteiger partial charge in [-0.25, -0.2) is 0 Å². The van der Waals surface area contributed by atoms with Gasteiger partial charge in [-0.2, -0.15) is 43.2 Å². The summed E-state index contributed by atoms with van der Waals surface area (Å²) in [4.78, 5) is -0.413.